The second kappa shape index (κ2) is 5.97. The minimum absolute atomic E-state index is 0.240. The third-order valence-corrected chi connectivity index (χ3v) is 4.01. The molecule has 0 bridgehead atoms. The number of carbonyl (C=O) groups is 1. The number of nitrogens with zero attached hydrogens (tertiary/aromatic N) is 3. The topological polar surface area (TPSA) is 94.1 Å². The summed E-state index contributed by atoms with van der Waals surface area (Å²) in [5.41, 5.74) is 1.27. The minimum atomic E-state index is -0.261. The molecule has 8 heteroatoms. The number of aromatic amines is 1. The Morgan fingerprint density at radius 2 is 2.38 bits per heavy atom. The van der Waals surface area contributed by atoms with E-state index in [0.717, 1.165) is 10.9 Å². The molecule has 8 nitrogen and oxygen atoms in total. The van der Waals surface area contributed by atoms with Crippen molar-refractivity contribution >= 4 is 16.8 Å². The molecular weight excluding hydrogens is 310 g/mol. The van der Waals surface area contributed by atoms with E-state index < -0.39 is 0 Å². The predicted octanol–water partition coefficient (Wildman–Crippen LogP) is 0.873. The predicted molar refractivity (Wildman–Crippen MR) is 85.8 cm³/mol. The number of amides is 1. The third-order valence-electron chi connectivity index (χ3n) is 4.01. The van der Waals surface area contributed by atoms with Crippen molar-refractivity contribution < 1.29 is 14.3 Å². The molecule has 1 saturated heterocycles. The summed E-state index contributed by atoms with van der Waals surface area (Å²) in [6.07, 6.45) is 6.56. The maximum Gasteiger partial charge on any atom is 0.271 e. The van der Waals surface area contributed by atoms with E-state index in [1.54, 1.807) is 29.5 Å². The number of aromatic nitrogens is 4. The van der Waals surface area contributed by atoms with Crippen LogP contribution in [-0.4, -0.2) is 51.0 Å². The Balaban J connectivity index is 1.49. The molecular formula is C16H17N5O3. The first kappa shape index (κ1) is 14.7. The van der Waals surface area contributed by atoms with Gasteiger partial charge in [-0.25, -0.2) is 0 Å². The van der Waals surface area contributed by atoms with E-state index in [4.69, 9.17) is 9.47 Å². The van der Waals surface area contributed by atoms with Crippen LogP contribution in [0.25, 0.3) is 10.9 Å². The van der Waals surface area contributed by atoms with Gasteiger partial charge >= 0.3 is 0 Å². The van der Waals surface area contributed by atoms with E-state index in [1.807, 2.05) is 19.2 Å². The summed E-state index contributed by atoms with van der Waals surface area (Å²) in [5.74, 6) is 0.411. The number of H-pyrrole nitrogens is 1. The number of aryl methyl sites for hydroxylation is 1. The molecule has 0 aromatic carbocycles. The van der Waals surface area contributed by atoms with Gasteiger partial charge in [-0.15, -0.1) is 0 Å². The molecule has 3 aromatic rings. The number of hydrogen-bond donors (Lipinski definition) is 2. The molecule has 1 aliphatic heterocycles. The van der Waals surface area contributed by atoms with E-state index >= 15 is 0 Å². The van der Waals surface area contributed by atoms with Crippen LogP contribution >= 0.6 is 0 Å². The average molecular weight is 327 g/mol. The maximum absolute atomic E-state index is 12.6. The van der Waals surface area contributed by atoms with Crippen molar-refractivity contribution in [2.45, 2.75) is 12.1 Å². The molecule has 1 amide bonds. The van der Waals surface area contributed by atoms with Gasteiger partial charge in [-0.1, -0.05) is 0 Å². The van der Waals surface area contributed by atoms with Gasteiger partial charge in [0.25, 0.3) is 5.91 Å². The largest absolute Gasteiger partial charge is 0.482 e. The Bertz CT molecular complexity index is 871. The second-order valence-corrected chi connectivity index (χ2v) is 5.72. The molecule has 1 aliphatic rings. The molecule has 1 fully saturated rings. The fourth-order valence-corrected chi connectivity index (χ4v) is 2.82. The van der Waals surface area contributed by atoms with Crippen LogP contribution in [0.2, 0.25) is 0 Å². The Kier molecular flexibility index (Phi) is 3.66. The number of hydrogen-bond acceptors (Lipinski definition) is 5. The zero-order valence-electron chi connectivity index (χ0n) is 13.1. The Labute approximate surface area is 137 Å². The summed E-state index contributed by atoms with van der Waals surface area (Å²) in [5, 5.41) is 7.82. The van der Waals surface area contributed by atoms with Gasteiger partial charge < -0.3 is 19.8 Å². The van der Waals surface area contributed by atoms with Crippen LogP contribution in [-0.2, 0) is 11.8 Å². The molecule has 0 saturated carbocycles. The van der Waals surface area contributed by atoms with Crippen molar-refractivity contribution in [2.75, 3.05) is 13.2 Å². The smallest absolute Gasteiger partial charge is 0.271 e. The van der Waals surface area contributed by atoms with Gasteiger partial charge in [0.2, 0.25) is 0 Å². The highest BCUT2D eigenvalue weighted by atomic mass is 16.5. The van der Waals surface area contributed by atoms with Crippen LogP contribution in [0.5, 0.6) is 5.75 Å². The van der Waals surface area contributed by atoms with Gasteiger partial charge in [0.1, 0.15) is 11.8 Å². The molecule has 0 aliphatic carbocycles. The quantitative estimate of drug-likeness (QED) is 0.742. The van der Waals surface area contributed by atoms with Gasteiger partial charge in [-0.05, 0) is 12.1 Å². The number of carbonyl (C=O) groups excluding carboxylic acids is 1. The Morgan fingerprint density at radius 1 is 1.46 bits per heavy atom. The van der Waals surface area contributed by atoms with Crippen LogP contribution in [0.1, 0.15) is 10.5 Å². The fourth-order valence-electron chi connectivity index (χ4n) is 2.82. The molecule has 2 N–H and O–H groups in total. The van der Waals surface area contributed by atoms with E-state index in [1.165, 1.54) is 0 Å². The average Bonchev–Trinajstić information content (AvgIpc) is 3.29. The summed E-state index contributed by atoms with van der Waals surface area (Å²) in [6, 6.07) is 3.43. The molecule has 2 atom stereocenters. The monoisotopic (exact) mass is 327 g/mol. The van der Waals surface area contributed by atoms with Crippen molar-refractivity contribution in [1.82, 2.24) is 25.1 Å². The Morgan fingerprint density at radius 3 is 3.21 bits per heavy atom. The van der Waals surface area contributed by atoms with Crippen molar-refractivity contribution in [3.8, 4) is 5.75 Å². The molecule has 0 spiro atoms. The van der Waals surface area contributed by atoms with Gasteiger partial charge in [0.15, 0.2) is 5.75 Å². The molecule has 4 rings (SSSR count). The summed E-state index contributed by atoms with van der Waals surface area (Å²) >= 11 is 0. The molecule has 4 heterocycles. The van der Waals surface area contributed by atoms with Crippen molar-refractivity contribution in [3.63, 3.8) is 0 Å². The lowest BCUT2D eigenvalue weighted by atomic mass is 10.2. The first-order valence-electron chi connectivity index (χ1n) is 7.67. The van der Waals surface area contributed by atoms with Crippen LogP contribution in [0.4, 0.5) is 0 Å². The van der Waals surface area contributed by atoms with Crippen LogP contribution < -0.4 is 10.1 Å². The SMILES string of the molecule is Cn1cc(O[C@@H]2COC[C@@H]2NC(=O)c2nccc3[nH]ccc23)cn1. The highest BCUT2D eigenvalue weighted by molar-refractivity contribution is 6.04. The summed E-state index contributed by atoms with van der Waals surface area (Å²) in [7, 11) is 1.82. The van der Waals surface area contributed by atoms with Crippen LogP contribution in [0.15, 0.2) is 36.9 Å². The molecule has 24 heavy (non-hydrogen) atoms. The first-order valence-corrected chi connectivity index (χ1v) is 7.67. The molecule has 0 radical (unpaired) electrons. The number of nitrogens with one attached hydrogen (secondary N) is 2. The lowest BCUT2D eigenvalue weighted by Gasteiger charge is -2.19. The summed E-state index contributed by atoms with van der Waals surface area (Å²) < 4.78 is 13.0. The highest BCUT2D eigenvalue weighted by Gasteiger charge is 2.32. The summed E-state index contributed by atoms with van der Waals surface area (Å²) in [4.78, 5) is 19.9. The van der Waals surface area contributed by atoms with Crippen molar-refractivity contribution in [3.05, 3.63) is 42.6 Å². The van der Waals surface area contributed by atoms with E-state index in [9.17, 15) is 4.79 Å². The lowest BCUT2D eigenvalue weighted by Crippen LogP contribution is -2.45. The van der Waals surface area contributed by atoms with Gasteiger partial charge in [0.05, 0.1) is 31.6 Å². The zero-order valence-corrected chi connectivity index (χ0v) is 13.1. The van der Waals surface area contributed by atoms with Crippen LogP contribution in [0.3, 0.4) is 0 Å². The number of fused-ring (bicyclic) bond motifs is 1. The standard InChI is InChI=1S/C16H17N5O3/c1-21-7-10(6-19-21)24-14-9-23-8-13(14)20-16(22)15-11-2-4-17-12(11)3-5-18-15/h2-7,13-14,17H,8-9H2,1H3,(H,20,22)/t13-,14+/m0/s1. The van der Waals surface area contributed by atoms with Gasteiger partial charge in [-0.2, -0.15) is 5.10 Å². The number of ether oxygens (including phenoxy) is 2. The third kappa shape index (κ3) is 2.71. The fraction of sp³-hybridized carbons (Fsp3) is 0.312. The maximum atomic E-state index is 12.6. The van der Waals surface area contributed by atoms with E-state index in [0.29, 0.717) is 24.7 Å². The van der Waals surface area contributed by atoms with Gasteiger partial charge in [-0.3, -0.25) is 14.5 Å². The van der Waals surface area contributed by atoms with E-state index in [-0.39, 0.29) is 18.1 Å². The first-order chi connectivity index (χ1) is 11.7. The lowest BCUT2D eigenvalue weighted by molar-refractivity contribution is 0.0901. The number of rotatable bonds is 4. The normalized spacial score (nSPS) is 20.4. The molecule has 3 aromatic heterocycles. The zero-order chi connectivity index (χ0) is 16.5. The number of pyridine rings is 1. The van der Waals surface area contributed by atoms with Crippen LogP contribution in [0, 0.1) is 0 Å². The van der Waals surface area contributed by atoms with Crippen molar-refractivity contribution in [2.24, 2.45) is 7.05 Å². The summed E-state index contributed by atoms with van der Waals surface area (Å²) in [6.45, 7) is 0.821. The van der Waals surface area contributed by atoms with Crippen molar-refractivity contribution in [1.29, 1.82) is 0 Å². The van der Waals surface area contributed by atoms with Gasteiger partial charge in [0, 0.05) is 30.3 Å². The second-order valence-electron chi connectivity index (χ2n) is 5.72. The Hall–Kier alpha value is -2.87. The highest BCUT2D eigenvalue weighted by Crippen LogP contribution is 2.18. The molecule has 124 valence electrons. The van der Waals surface area contributed by atoms with E-state index in [2.05, 4.69) is 20.4 Å². The minimum Gasteiger partial charge on any atom is -0.482 e. The molecule has 0 unspecified atom stereocenters.